The van der Waals surface area contributed by atoms with Gasteiger partial charge in [-0.25, -0.2) is 8.42 Å². The van der Waals surface area contributed by atoms with Gasteiger partial charge < -0.3 is 9.84 Å². The molecule has 0 saturated heterocycles. The number of methoxy groups -OCH3 is 1. The lowest BCUT2D eigenvalue weighted by atomic mass is 9.95. The van der Waals surface area contributed by atoms with Crippen LogP contribution in [0.1, 0.15) is 24.8 Å². The van der Waals surface area contributed by atoms with E-state index in [-0.39, 0.29) is 11.7 Å². The van der Waals surface area contributed by atoms with Crippen molar-refractivity contribution in [2.45, 2.75) is 30.3 Å². The second kappa shape index (κ2) is 4.31. The first-order chi connectivity index (χ1) is 7.95. The van der Waals surface area contributed by atoms with Gasteiger partial charge in [0.1, 0.15) is 5.75 Å². The Balaban J connectivity index is 2.54. The Bertz CT molecular complexity index is 519. The van der Waals surface area contributed by atoms with Gasteiger partial charge in [-0.3, -0.25) is 0 Å². The number of hydrogen-bond acceptors (Lipinski definition) is 4. The maximum atomic E-state index is 12.0. The van der Waals surface area contributed by atoms with Gasteiger partial charge in [-0.05, 0) is 25.5 Å². The summed E-state index contributed by atoms with van der Waals surface area (Å²) >= 11 is 0. The van der Waals surface area contributed by atoms with E-state index in [1.807, 2.05) is 0 Å². The zero-order chi connectivity index (χ0) is 12.6. The fourth-order valence-corrected chi connectivity index (χ4v) is 4.31. The first-order valence-corrected chi connectivity index (χ1v) is 7.18. The minimum absolute atomic E-state index is 0.0631. The summed E-state index contributed by atoms with van der Waals surface area (Å²) in [7, 11) is -1.70. The van der Waals surface area contributed by atoms with Crippen LogP contribution in [-0.4, -0.2) is 32.5 Å². The largest absolute Gasteiger partial charge is 0.496 e. The highest BCUT2D eigenvalue weighted by molar-refractivity contribution is 7.91. The second-order valence-corrected chi connectivity index (χ2v) is 6.44. The van der Waals surface area contributed by atoms with E-state index >= 15 is 0 Å². The van der Waals surface area contributed by atoms with Crippen LogP contribution in [0.25, 0.3) is 0 Å². The van der Waals surface area contributed by atoms with Gasteiger partial charge in [0.15, 0.2) is 9.84 Å². The van der Waals surface area contributed by atoms with Gasteiger partial charge in [0.05, 0.1) is 23.9 Å². The van der Waals surface area contributed by atoms with Crippen molar-refractivity contribution in [1.82, 2.24) is 0 Å². The molecule has 2 unspecified atom stereocenters. The lowest BCUT2D eigenvalue weighted by Crippen LogP contribution is -2.11. The average molecular weight is 256 g/mol. The zero-order valence-electron chi connectivity index (χ0n) is 9.88. The molecular weight excluding hydrogens is 240 g/mol. The van der Waals surface area contributed by atoms with Crippen LogP contribution in [-0.2, 0) is 9.84 Å². The number of ether oxygens (including phenoxy) is 1. The van der Waals surface area contributed by atoms with Crippen LogP contribution in [0.15, 0.2) is 23.1 Å². The summed E-state index contributed by atoms with van der Waals surface area (Å²) in [4.78, 5) is 0.350. The molecule has 0 bridgehead atoms. The van der Waals surface area contributed by atoms with E-state index in [0.717, 1.165) is 5.56 Å². The van der Waals surface area contributed by atoms with Crippen LogP contribution < -0.4 is 4.74 Å². The van der Waals surface area contributed by atoms with E-state index in [4.69, 9.17) is 4.74 Å². The first kappa shape index (κ1) is 12.4. The molecule has 4 nitrogen and oxygen atoms in total. The van der Waals surface area contributed by atoms with E-state index in [1.165, 1.54) is 7.11 Å². The first-order valence-electron chi connectivity index (χ1n) is 5.53. The summed E-state index contributed by atoms with van der Waals surface area (Å²) in [5, 5.41) is 9.44. The number of sulfone groups is 1. The van der Waals surface area contributed by atoms with E-state index < -0.39 is 15.9 Å². The topological polar surface area (TPSA) is 63.6 Å². The van der Waals surface area contributed by atoms with Gasteiger partial charge in [0.25, 0.3) is 0 Å². The third kappa shape index (κ3) is 2.17. The molecule has 0 saturated carbocycles. The monoisotopic (exact) mass is 256 g/mol. The molecule has 1 aliphatic rings. The SMILES string of the molecule is COc1cccc2c1C(CC(C)O)CS2(=O)=O. The second-order valence-electron chi connectivity index (χ2n) is 4.44. The third-order valence-corrected chi connectivity index (χ3v) is 4.90. The Morgan fingerprint density at radius 1 is 1.53 bits per heavy atom. The van der Waals surface area contributed by atoms with Crippen molar-refractivity contribution in [2.24, 2.45) is 0 Å². The molecule has 0 fully saturated rings. The summed E-state index contributed by atoms with van der Waals surface area (Å²) in [5.41, 5.74) is 0.718. The van der Waals surface area contributed by atoms with Crippen molar-refractivity contribution < 1.29 is 18.3 Å². The maximum absolute atomic E-state index is 12.0. The van der Waals surface area contributed by atoms with Crippen molar-refractivity contribution in [2.75, 3.05) is 12.9 Å². The van der Waals surface area contributed by atoms with Crippen molar-refractivity contribution in [1.29, 1.82) is 0 Å². The number of benzene rings is 1. The normalized spacial score (nSPS) is 23.1. The highest BCUT2D eigenvalue weighted by Crippen LogP contribution is 2.42. The van der Waals surface area contributed by atoms with Gasteiger partial charge in [-0.1, -0.05) is 6.07 Å². The third-order valence-electron chi connectivity index (χ3n) is 3.04. The van der Waals surface area contributed by atoms with Gasteiger partial charge in [0.2, 0.25) is 0 Å². The number of hydrogen-bond donors (Lipinski definition) is 1. The van der Waals surface area contributed by atoms with Gasteiger partial charge in [0, 0.05) is 11.5 Å². The van der Waals surface area contributed by atoms with E-state index in [1.54, 1.807) is 25.1 Å². The molecule has 1 heterocycles. The molecule has 2 atom stereocenters. The highest BCUT2D eigenvalue weighted by atomic mass is 32.2. The number of fused-ring (bicyclic) bond motifs is 1. The smallest absolute Gasteiger partial charge is 0.179 e. The predicted octanol–water partition coefficient (Wildman–Crippen LogP) is 1.34. The van der Waals surface area contributed by atoms with Crippen LogP contribution in [0.4, 0.5) is 0 Å². The molecule has 1 N–H and O–H groups in total. The molecule has 0 amide bonds. The fraction of sp³-hybridized carbons (Fsp3) is 0.500. The summed E-state index contributed by atoms with van der Waals surface area (Å²) in [5.74, 6) is 0.480. The Hall–Kier alpha value is -1.07. The summed E-state index contributed by atoms with van der Waals surface area (Å²) in [6, 6.07) is 5.05. The average Bonchev–Trinajstić information content (AvgIpc) is 2.50. The molecule has 0 aromatic heterocycles. The molecule has 1 aromatic rings. The van der Waals surface area contributed by atoms with E-state index in [9.17, 15) is 13.5 Å². The standard InChI is InChI=1S/C12H16O4S/c1-8(13)6-9-7-17(14,15)11-5-3-4-10(16-2)12(9)11/h3-5,8-9,13H,6-7H2,1-2H3. The molecule has 1 aromatic carbocycles. The van der Waals surface area contributed by atoms with Crippen molar-refractivity contribution in [3.05, 3.63) is 23.8 Å². The Kier molecular flexibility index (Phi) is 3.14. The Labute approximate surface area is 101 Å². The van der Waals surface area contributed by atoms with Crippen LogP contribution in [0.5, 0.6) is 5.75 Å². The van der Waals surface area contributed by atoms with Gasteiger partial charge in [-0.2, -0.15) is 0 Å². The lowest BCUT2D eigenvalue weighted by molar-refractivity contribution is 0.176. The number of aliphatic hydroxyl groups is 1. The molecule has 0 radical (unpaired) electrons. The van der Waals surface area contributed by atoms with Crippen LogP contribution in [0.3, 0.4) is 0 Å². The van der Waals surface area contributed by atoms with Gasteiger partial charge in [-0.15, -0.1) is 0 Å². The highest BCUT2D eigenvalue weighted by Gasteiger charge is 2.37. The lowest BCUT2D eigenvalue weighted by Gasteiger charge is -2.14. The van der Waals surface area contributed by atoms with E-state index in [2.05, 4.69) is 0 Å². The Morgan fingerprint density at radius 3 is 2.82 bits per heavy atom. The van der Waals surface area contributed by atoms with Crippen molar-refractivity contribution >= 4 is 9.84 Å². The molecule has 5 heteroatoms. The van der Waals surface area contributed by atoms with E-state index in [0.29, 0.717) is 17.1 Å². The predicted molar refractivity (Wildman–Crippen MR) is 64.1 cm³/mol. The maximum Gasteiger partial charge on any atom is 0.179 e. The molecule has 1 aliphatic heterocycles. The quantitative estimate of drug-likeness (QED) is 0.886. The molecular formula is C12H16O4S. The zero-order valence-corrected chi connectivity index (χ0v) is 10.7. The summed E-state index contributed by atoms with van der Waals surface area (Å²) < 4.78 is 29.2. The molecule has 2 rings (SSSR count). The van der Waals surface area contributed by atoms with Crippen LogP contribution in [0, 0.1) is 0 Å². The minimum atomic E-state index is -3.22. The molecule has 0 aliphatic carbocycles. The van der Waals surface area contributed by atoms with Crippen LogP contribution >= 0.6 is 0 Å². The number of aliphatic hydroxyl groups excluding tert-OH is 1. The van der Waals surface area contributed by atoms with Crippen molar-refractivity contribution in [3.63, 3.8) is 0 Å². The summed E-state index contributed by atoms with van der Waals surface area (Å²) in [6.45, 7) is 1.67. The molecule has 94 valence electrons. The van der Waals surface area contributed by atoms with Gasteiger partial charge >= 0.3 is 0 Å². The minimum Gasteiger partial charge on any atom is -0.496 e. The van der Waals surface area contributed by atoms with Crippen LogP contribution in [0.2, 0.25) is 0 Å². The summed E-state index contributed by atoms with van der Waals surface area (Å²) in [6.07, 6.45) is -0.0851. The fourth-order valence-electron chi connectivity index (χ4n) is 2.41. The van der Waals surface area contributed by atoms with Crippen molar-refractivity contribution in [3.8, 4) is 5.75 Å². The Morgan fingerprint density at radius 2 is 2.24 bits per heavy atom. The number of rotatable bonds is 3. The molecule has 0 spiro atoms. The molecule has 17 heavy (non-hydrogen) atoms.